The summed E-state index contributed by atoms with van der Waals surface area (Å²) in [5.74, 6) is 0.402. The van der Waals surface area contributed by atoms with Crippen LogP contribution in [-0.4, -0.2) is 15.5 Å². The smallest absolute Gasteiger partial charge is 0.262 e. The Morgan fingerprint density at radius 3 is 3.04 bits per heavy atom. The van der Waals surface area contributed by atoms with Crippen molar-refractivity contribution < 1.29 is 4.79 Å². The summed E-state index contributed by atoms with van der Waals surface area (Å²) < 4.78 is 1.40. The molecule has 0 bridgehead atoms. The first-order chi connectivity index (χ1) is 13.0. The summed E-state index contributed by atoms with van der Waals surface area (Å²) in [6.07, 6.45) is 4.49. The van der Waals surface area contributed by atoms with Gasteiger partial charge >= 0.3 is 0 Å². The molecule has 1 N–H and O–H groups in total. The normalized spacial score (nSPS) is 16.3. The molecule has 27 heavy (non-hydrogen) atoms. The number of aromatic nitrogens is 2. The molecule has 0 unspecified atom stereocenters. The highest BCUT2D eigenvalue weighted by atomic mass is 35.5. The first-order valence-corrected chi connectivity index (χ1v) is 10.2. The average molecular weight is 402 g/mol. The van der Waals surface area contributed by atoms with Gasteiger partial charge in [-0.3, -0.25) is 14.2 Å². The second kappa shape index (κ2) is 7.44. The van der Waals surface area contributed by atoms with Gasteiger partial charge in [-0.1, -0.05) is 36.7 Å². The molecule has 4 rings (SSSR count). The van der Waals surface area contributed by atoms with E-state index in [-0.39, 0.29) is 18.0 Å². The zero-order valence-corrected chi connectivity index (χ0v) is 16.6. The number of thiophene rings is 1. The monoisotopic (exact) mass is 401 g/mol. The van der Waals surface area contributed by atoms with E-state index in [2.05, 4.69) is 17.2 Å². The molecule has 1 amide bonds. The zero-order valence-electron chi connectivity index (χ0n) is 15.0. The van der Waals surface area contributed by atoms with Crippen LogP contribution in [0.2, 0.25) is 5.02 Å². The largest absolute Gasteiger partial charge is 0.350 e. The Balaban J connectivity index is 1.54. The lowest BCUT2D eigenvalue weighted by atomic mass is 9.89. The van der Waals surface area contributed by atoms with E-state index in [1.54, 1.807) is 17.4 Å². The molecule has 0 fully saturated rings. The summed E-state index contributed by atoms with van der Waals surface area (Å²) in [5.41, 5.74) is 1.85. The molecule has 7 heteroatoms. The van der Waals surface area contributed by atoms with Gasteiger partial charge in [0.2, 0.25) is 5.91 Å². The number of nitrogens with zero attached hydrogens (tertiary/aromatic N) is 2. The lowest BCUT2D eigenvalue weighted by molar-refractivity contribution is -0.121. The van der Waals surface area contributed by atoms with Crippen molar-refractivity contribution in [1.29, 1.82) is 0 Å². The SMILES string of the molecule is C[C@@H]1CCc2c(sc3ncn(CC(=O)NCc4ccccc4Cl)c(=O)c23)C1. The topological polar surface area (TPSA) is 64.0 Å². The number of aryl methyl sites for hydroxylation is 1. The molecule has 0 aliphatic heterocycles. The Hall–Kier alpha value is -2.18. The minimum atomic E-state index is -0.240. The Morgan fingerprint density at radius 1 is 1.41 bits per heavy atom. The van der Waals surface area contributed by atoms with Crippen LogP contribution < -0.4 is 10.9 Å². The van der Waals surface area contributed by atoms with Crippen molar-refractivity contribution in [2.45, 2.75) is 39.3 Å². The van der Waals surface area contributed by atoms with Crippen LogP contribution in [0.3, 0.4) is 0 Å². The maximum Gasteiger partial charge on any atom is 0.262 e. The molecule has 0 saturated carbocycles. The van der Waals surface area contributed by atoms with Gasteiger partial charge < -0.3 is 5.32 Å². The number of halogens is 1. The molecule has 2 heterocycles. The van der Waals surface area contributed by atoms with E-state index in [1.165, 1.54) is 15.8 Å². The van der Waals surface area contributed by atoms with Gasteiger partial charge in [-0.05, 0) is 42.4 Å². The van der Waals surface area contributed by atoms with Gasteiger partial charge in [0, 0.05) is 16.4 Å². The van der Waals surface area contributed by atoms with E-state index in [0.717, 1.165) is 35.2 Å². The van der Waals surface area contributed by atoms with Crippen molar-refractivity contribution in [1.82, 2.24) is 14.9 Å². The summed E-state index contributed by atoms with van der Waals surface area (Å²) in [5, 5.41) is 4.12. The fourth-order valence-electron chi connectivity index (χ4n) is 3.52. The van der Waals surface area contributed by atoms with Gasteiger partial charge in [0.15, 0.2) is 0 Å². The molecule has 0 saturated heterocycles. The number of hydrogen-bond donors (Lipinski definition) is 1. The van der Waals surface area contributed by atoms with Gasteiger partial charge in [-0.15, -0.1) is 11.3 Å². The van der Waals surface area contributed by atoms with E-state index in [1.807, 2.05) is 18.2 Å². The molecule has 5 nitrogen and oxygen atoms in total. The number of carbonyl (C=O) groups is 1. The number of carbonyl (C=O) groups excluding carboxylic acids is 1. The van der Waals surface area contributed by atoms with Gasteiger partial charge in [0.1, 0.15) is 11.4 Å². The van der Waals surface area contributed by atoms with Gasteiger partial charge in [-0.25, -0.2) is 4.98 Å². The molecule has 1 aromatic carbocycles. The molecular formula is C20H20ClN3O2S. The summed E-state index contributed by atoms with van der Waals surface area (Å²) in [6, 6.07) is 7.36. The van der Waals surface area contributed by atoms with E-state index in [4.69, 9.17) is 11.6 Å². The Bertz CT molecular complexity index is 1070. The number of fused-ring (bicyclic) bond motifs is 3. The van der Waals surface area contributed by atoms with Crippen molar-refractivity contribution in [3.8, 4) is 0 Å². The minimum absolute atomic E-state index is 0.0484. The first-order valence-electron chi connectivity index (χ1n) is 9.02. The zero-order chi connectivity index (χ0) is 19.0. The van der Waals surface area contributed by atoms with Crippen LogP contribution >= 0.6 is 22.9 Å². The van der Waals surface area contributed by atoms with Crippen LogP contribution in [0.5, 0.6) is 0 Å². The summed E-state index contributed by atoms with van der Waals surface area (Å²) in [4.78, 5) is 31.7. The van der Waals surface area contributed by atoms with Crippen LogP contribution in [0.25, 0.3) is 10.2 Å². The van der Waals surface area contributed by atoms with Gasteiger partial charge in [0.05, 0.1) is 11.7 Å². The molecule has 2 aromatic heterocycles. The number of hydrogen-bond acceptors (Lipinski definition) is 4. The second-order valence-electron chi connectivity index (χ2n) is 7.08. The molecular weight excluding hydrogens is 382 g/mol. The number of rotatable bonds is 4. The van der Waals surface area contributed by atoms with E-state index in [0.29, 0.717) is 22.9 Å². The fourth-order valence-corrected chi connectivity index (χ4v) is 5.07. The van der Waals surface area contributed by atoms with Gasteiger partial charge in [0.25, 0.3) is 5.56 Å². The highest BCUT2D eigenvalue weighted by molar-refractivity contribution is 7.18. The van der Waals surface area contributed by atoms with E-state index in [9.17, 15) is 9.59 Å². The third-order valence-electron chi connectivity index (χ3n) is 5.03. The highest BCUT2D eigenvalue weighted by Gasteiger charge is 2.23. The summed E-state index contributed by atoms with van der Waals surface area (Å²) in [6.45, 7) is 2.52. The van der Waals surface area contributed by atoms with Gasteiger partial charge in [-0.2, -0.15) is 0 Å². The second-order valence-corrected chi connectivity index (χ2v) is 8.57. The number of amides is 1. The maximum absolute atomic E-state index is 12.9. The van der Waals surface area contributed by atoms with E-state index >= 15 is 0 Å². The maximum atomic E-state index is 12.9. The van der Waals surface area contributed by atoms with Crippen molar-refractivity contribution in [3.63, 3.8) is 0 Å². The minimum Gasteiger partial charge on any atom is -0.350 e. The van der Waals surface area contributed by atoms with Crippen molar-refractivity contribution in [3.05, 3.63) is 62.0 Å². The Labute approximate surface area is 166 Å². The summed E-state index contributed by atoms with van der Waals surface area (Å²) in [7, 11) is 0. The first kappa shape index (κ1) is 18.2. The quantitative estimate of drug-likeness (QED) is 0.727. The molecule has 1 atom stereocenters. The lowest BCUT2D eigenvalue weighted by Crippen LogP contribution is -2.32. The number of nitrogens with one attached hydrogen (secondary N) is 1. The van der Waals surface area contributed by atoms with Crippen LogP contribution in [0.4, 0.5) is 0 Å². The third kappa shape index (κ3) is 3.64. The fraction of sp³-hybridized carbons (Fsp3) is 0.350. The summed E-state index contributed by atoms with van der Waals surface area (Å²) >= 11 is 7.72. The standard InChI is InChI=1S/C20H20ClN3O2S/c1-12-6-7-14-16(8-12)27-19-18(14)20(26)24(11-23-19)10-17(25)22-9-13-4-2-3-5-15(13)21/h2-5,11-12H,6-10H2,1H3,(H,22,25)/t12-/m1/s1. The average Bonchev–Trinajstić information content (AvgIpc) is 3.01. The highest BCUT2D eigenvalue weighted by Crippen LogP contribution is 2.35. The lowest BCUT2D eigenvalue weighted by Gasteiger charge is -2.17. The molecule has 0 spiro atoms. The van der Waals surface area contributed by atoms with Crippen LogP contribution in [0.15, 0.2) is 35.4 Å². The van der Waals surface area contributed by atoms with Crippen molar-refractivity contribution in [2.75, 3.05) is 0 Å². The molecule has 3 aromatic rings. The van der Waals surface area contributed by atoms with Crippen LogP contribution in [0, 0.1) is 5.92 Å². The van der Waals surface area contributed by atoms with Crippen molar-refractivity contribution >= 4 is 39.1 Å². The van der Waals surface area contributed by atoms with E-state index < -0.39 is 0 Å². The molecule has 140 valence electrons. The molecule has 1 aliphatic carbocycles. The van der Waals surface area contributed by atoms with Crippen molar-refractivity contribution in [2.24, 2.45) is 5.92 Å². The molecule has 1 aliphatic rings. The third-order valence-corrected chi connectivity index (χ3v) is 6.56. The van der Waals surface area contributed by atoms with Crippen LogP contribution in [0.1, 0.15) is 29.3 Å². The Kier molecular flexibility index (Phi) is 5.02. The molecule has 0 radical (unpaired) electrons. The van der Waals surface area contributed by atoms with Crippen LogP contribution in [-0.2, 0) is 30.7 Å². The predicted octanol–water partition coefficient (Wildman–Crippen LogP) is 3.55. The number of benzene rings is 1. The Morgan fingerprint density at radius 2 is 2.22 bits per heavy atom. The predicted molar refractivity (Wildman–Crippen MR) is 108 cm³/mol.